The number of para-hydroxylation sites is 1. The molecule has 114 valence electrons. The fraction of sp³-hybridized carbons (Fsp3) is 0.312. The predicted octanol–water partition coefficient (Wildman–Crippen LogP) is 2.27. The van der Waals surface area contributed by atoms with Crippen LogP contribution in [0.4, 0.5) is 16.4 Å². The maximum atomic E-state index is 11.9. The molecule has 0 saturated carbocycles. The zero-order valence-corrected chi connectivity index (χ0v) is 12.3. The lowest BCUT2D eigenvalue weighted by atomic mass is 10.2. The van der Waals surface area contributed by atoms with Crippen molar-refractivity contribution in [2.45, 2.75) is 18.9 Å². The van der Waals surface area contributed by atoms with Crippen molar-refractivity contribution in [3.8, 4) is 0 Å². The summed E-state index contributed by atoms with van der Waals surface area (Å²) >= 11 is 0. The van der Waals surface area contributed by atoms with Gasteiger partial charge in [-0.2, -0.15) is 0 Å². The molecule has 1 unspecified atom stereocenters. The summed E-state index contributed by atoms with van der Waals surface area (Å²) in [5.74, 6) is 0.732. The van der Waals surface area contributed by atoms with Gasteiger partial charge in [-0.25, -0.2) is 14.8 Å². The first-order valence-electron chi connectivity index (χ1n) is 7.46. The Labute approximate surface area is 129 Å². The van der Waals surface area contributed by atoms with E-state index in [1.165, 1.54) is 0 Å². The van der Waals surface area contributed by atoms with Crippen LogP contribution >= 0.6 is 0 Å². The maximum absolute atomic E-state index is 11.9. The molecule has 2 amide bonds. The molecule has 0 bridgehead atoms. The summed E-state index contributed by atoms with van der Waals surface area (Å²) in [6.45, 7) is 1.51. The van der Waals surface area contributed by atoms with Gasteiger partial charge in [-0.1, -0.05) is 18.2 Å². The van der Waals surface area contributed by atoms with Gasteiger partial charge in [-0.05, 0) is 31.0 Å². The van der Waals surface area contributed by atoms with Gasteiger partial charge >= 0.3 is 6.03 Å². The van der Waals surface area contributed by atoms with Gasteiger partial charge in [0, 0.05) is 37.2 Å². The van der Waals surface area contributed by atoms with Crippen LogP contribution in [-0.2, 0) is 0 Å². The van der Waals surface area contributed by atoms with Gasteiger partial charge in [0.2, 0.25) is 5.95 Å². The van der Waals surface area contributed by atoms with Crippen molar-refractivity contribution < 1.29 is 4.79 Å². The van der Waals surface area contributed by atoms with E-state index in [-0.39, 0.29) is 12.1 Å². The van der Waals surface area contributed by atoms with Crippen molar-refractivity contribution in [2.24, 2.45) is 0 Å². The van der Waals surface area contributed by atoms with Crippen LogP contribution in [0.5, 0.6) is 0 Å². The van der Waals surface area contributed by atoms with E-state index >= 15 is 0 Å². The quantitative estimate of drug-likeness (QED) is 0.908. The third-order valence-corrected chi connectivity index (χ3v) is 3.72. The first-order chi connectivity index (χ1) is 10.8. The van der Waals surface area contributed by atoms with Gasteiger partial charge in [0.15, 0.2) is 0 Å². The lowest BCUT2D eigenvalue weighted by Crippen LogP contribution is -2.42. The highest BCUT2D eigenvalue weighted by atomic mass is 16.2. The molecule has 1 aromatic carbocycles. The zero-order valence-electron chi connectivity index (χ0n) is 12.3. The van der Waals surface area contributed by atoms with E-state index in [4.69, 9.17) is 0 Å². The summed E-state index contributed by atoms with van der Waals surface area (Å²) in [6, 6.07) is 11.3. The van der Waals surface area contributed by atoms with Crippen LogP contribution in [0.3, 0.4) is 0 Å². The molecule has 2 heterocycles. The molecule has 0 spiro atoms. The molecule has 6 nitrogen and oxygen atoms in total. The Kier molecular flexibility index (Phi) is 4.48. The minimum absolute atomic E-state index is 0.188. The number of benzene rings is 1. The van der Waals surface area contributed by atoms with Crippen LogP contribution in [0.1, 0.15) is 12.8 Å². The lowest BCUT2D eigenvalue weighted by molar-refractivity contribution is 0.251. The molecule has 6 heteroatoms. The van der Waals surface area contributed by atoms with E-state index in [2.05, 4.69) is 25.5 Å². The van der Waals surface area contributed by atoms with Crippen LogP contribution in [0.2, 0.25) is 0 Å². The summed E-state index contributed by atoms with van der Waals surface area (Å²) in [7, 11) is 0. The van der Waals surface area contributed by atoms with Crippen LogP contribution in [-0.4, -0.2) is 35.1 Å². The highest BCUT2D eigenvalue weighted by Crippen LogP contribution is 2.21. The normalized spacial score (nSPS) is 17.3. The molecule has 1 aliphatic rings. The Hall–Kier alpha value is -2.63. The first kappa shape index (κ1) is 14.3. The van der Waals surface area contributed by atoms with Crippen molar-refractivity contribution in [3.05, 3.63) is 48.8 Å². The minimum Gasteiger partial charge on any atom is -0.336 e. The van der Waals surface area contributed by atoms with Crippen molar-refractivity contribution in [1.29, 1.82) is 0 Å². The summed E-state index contributed by atoms with van der Waals surface area (Å²) in [4.78, 5) is 22.7. The number of aromatic nitrogens is 2. The zero-order chi connectivity index (χ0) is 15.2. The third kappa shape index (κ3) is 3.52. The molecule has 0 radical (unpaired) electrons. The molecule has 22 heavy (non-hydrogen) atoms. The van der Waals surface area contributed by atoms with Crippen molar-refractivity contribution in [1.82, 2.24) is 15.3 Å². The van der Waals surface area contributed by atoms with Gasteiger partial charge in [-0.3, -0.25) is 0 Å². The molecule has 1 aliphatic heterocycles. The lowest BCUT2D eigenvalue weighted by Gasteiger charge is -2.24. The molecule has 2 N–H and O–H groups in total. The number of anilines is 2. The van der Waals surface area contributed by atoms with Crippen molar-refractivity contribution in [2.75, 3.05) is 23.3 Å². The SMILES string of the molecule is O=C(NCC1CCCN1c1ncccn1)Nc1ccccc1. The highest BCUT2D eigenvalue weighted by molar-refractivity contribution is 5.89. The fourth-order valence-electron chi connectivity index (χ4n) is 2.66. The van der Waals surface area contributed by atoms with Crippen LogP contribution in [0.15, 0.2) is 48.8 Å². The number of hydrogen-bond donors (Lipinski definition) is 2. The van der Waals surface area contributed by atoms with Crippen molar-refractivity contribution in [3.63, 3.8) is 0 Å². The molecule has 2 aromatic rings. The number of nitrogens with zero attached hydrogens (tertiary/aromatic N) is 3. The molecule has 3 rings (SSSR count). The molecule has 1 aromatic heterocycles. The van der Waals surface area contributed by atoms with Crippen molar-refractivity contribution >= 4 is 17.7 Å². The van der Waals surface area contributed by atoms with E-state index in [1.54, 1.807) is 18.5 Å². The summed E-state index contributed by atoms with van der Waals surface area (Å²) in [5.41, 5.74) is 0.787. The number of carbonyl (C=O) groups excluding carboxylic acids is 1. The van der Waals surface area contributed by atoms with E-state index in [0.717, 1.165) is 31.0 Å². The minimum atomic E-state index is -0.188. The number of amides is 2. The first-order valence-corrected chi connectivity index (χ1v) is 7.46. The van der Waals surface area contributed by atoms with E-state index in [9.17, 15) is 4.79 Å². The Morgan fingerprint density at radius 3 is 2.73 bits per heavy atom. The fourth-order valence-corrected chi connectivity index (χ4v) is 2.66. The monoisotopic (exact) mass is 297 g/mol. The number of hydrogen-bond acceptors (Lipinski definition) is 4. The summed E-state index contributed by atoms with van der Waals surface area (Å²) in [5, 5.41) is 5.75. The second kappa shape index (κ2) is 6.89. The van der Waals surface area contributed by atoms with Gasteiger partial charge in [0.1, 0.15) is 0 Å². The van der Waals surface area contributed by atoms with Crippen LogP contribution in [0.25, 0.3) is 0 Å². The molecule has 1 fully saturated rings. The number of carbonyl (C=O) groups is 1. The Balaban J connectivity index is 1.53. The second-order valence-corrected chi connectivity index (χ2v) is 5.24. The van der Waals surface area contributed by atoms with Gasteiger partial charge in [0.05, 0.1) is 0 Å². The maximum Gasteiger partial charge on any atom is 0.319 e. The van der Waals surface area contributed by atoms with Gasteiger partial charge < -0.3 is 15.5 Å². The van der Waals surface area contributed by atoms with Crippen LogP contribution < -0.4 is 15.5 Å². The largest absolute Gasteiger partial charge is 0.336 e. The van der Waals surface area contributed by atoms with Crippen LogP contribution in [0, 0.1) is 0 Å². The Morgan fingerprint density at radius 1 is 1.18 bits per heavy atom. The highest BCUT2D eigenvalue weighted by Gasteiger charge is 2.26. The Bertz CT molecular complexity index is 604. The Morgan fingerprint density at radius 2 is 1.95 bits per heavy atom. The second-order valence-electron chi connectivity index (χ2n) is 5.24. The van der Waals surface area contributed by atoms with E-state index in [0.29, 0.717) is 6.54 Å². The molecular weight excluding hydrogens is 278 g/mol. The average molecular weight is 297 g/mol. The third-order valence-electron chi connectivity index (χ3n) is 3.72. The number of rotatable bonds is 4. The van der Waals surface area contributed by atoms with E-state index < -0.39 is 0 Å². The smallest absolute Gasteiger partial charge is 0.319 e. The predicted molar refractivity (Wildman–Crippen MR) is 85.9 cm³/mol. The number of urea groups is 1. The number of nitrogens with one attached hydrogen (secondary N) is 2. The molecular formula is C16H19N5O. The molecule has 1 saturated heterocycles. The topological polar surface area (TPSA) is 70.2 Å². The molecule has 1 atom stereocenters. The van der Waals surface area contributed by atoms with Gasteiger partial charge in [-0.15, -0.1) is 0 Å². The molecule has 0 aliphatic carbocycles. The van der Waals surface area contributed by atoms with Gasteiger partial charge in [0.25, 0.3) is 0 Å². The summed E-state index contributed by atoms with van der Waals surface area (Å²) in [6.07, 6.45) is 5.61. The summed E-state index contributed by atoms with van der Waals surface area (Å²) < 4.78 is 0. The van der Waals surface area contributed by atoms with E-state index in [1.807, 2.05) is 30.3 Å². The average Bonchev–Trinajstić information content (AvgIpc) is 3.03. The standard InChI is InChI=1S/C16H19N5O/c22-16(20-13-6-2-1-3-7-13)19-12-14-8-4-11-21(14)15-17-9-5-10-18-15/h1-3,5-7,9-10,14H,4,8,11-12H2,(H2,19,20,22).